The fraction of sp³-hybridized carbons (Fsp3) is 0.722. The van der Waals surface area contributed by atoms with Gasteiger partial charge in [-0.25, -0.2) is 0 Å². The van der Waals surface area contributed by atoms with E-state index < -0.39 is 0 Å². The minimum Gasteiger partial charge on any atom is -0.379 e. The third-order valence-corrected chi connectivity index (χ3v) is 5.80. The van der Waals surface area contributed by atoms with Crippen LogP contribution in [0.1, 0.15) is 29.6 Å². The molecule has 0 N–H and O–H groups in total. The average molecular weight is 352 g/mol. The molecule has 0 aromatic carbocycles. The molecule has 0 spiro atoms. The van der Waals surface area contributed by atoms with E-state index in [4.69, 9.17) is 9.47 Å². The summed E-state index contributed by atoms with van der Waals surface area (Å²) >= 11 is 1.57. The van der Waals surface area contributed by atoms with Crippen molar-refractivity contribution in [1.82, 2.24) is 9.80 Å². The van der Waals surface area contributed by atoms with Gasteiger partial charge in [-0.05, 0) is 44.8 Å². The maximum absolute atomic E-state index is 12.7. The summed E-state index contributed by atoms with van der Waals surface area (Å²) in [6, 6.07) is 1.91. The Bertz CT molecular complexity index is 534. The smallest absolute Gasteiger partial charge is 0.254 e. The van der Waals surface area contributed by atoms with E-state index in [1.807, 2.05) is 21.7 Å². The van der Waals surface area contributed by atoms with Gasteiger partial charge < -0.3 is 19.3 Å². The lowest BCUT2D eigenvalue weighted by Gasteiger charge is -2.50. The number of ether oxygens (including phenoxy) is 2. The largest absolute Gasteiger partial charge is 0.379 e. The van der Waals surface area contributed by atoms with E-state index in [-0.39, 0.29) is 17.4 Å². The minimum absolute atomic E-state index is 0.0471. The van der Waals surface area contributed by atoms with Crippen LogP contribution in [0.3, 0.4) is 0 Å². The van der Waals surface area contributed by atoms with Gasteiger partial charge in [0.15, 0.2) is 0 Å². The van der Waals surface area contributed by atoms with Gasteiger partial charge in [0.1, 0.15) is 0 Å². The maximum atomic E-state index is 12.7. The van der Waals surface area contributed by atoms with Crippen LogP contribution >= 0.6 is 11.3 Å². The predicted molar refractivity (Wildman–Crippen MR) is 95.6 cm³/mol. The van der Waals surface area contributed by atoms with Crippen LogP contribution in [0.15, 0.2) is 16.8 Å². The zero-order chi connectivity index (χ0) is 17.0. The first kappa shape index (κ1) is 17.9. The van der Waals surface area contributed by atoms with E-state index in [9.17, 15) is 4.79 Å². The summed E-state index contributed by atoms with van der Waals surface area (Å²) in [7, 11) is 4.10. The molecule has 0 radical (unpaired) electrons. The van der Waals surface area contributed by atoms with Gasteiger partial charge in [0.25, 0.3) is 5.91 Å². The van der Waals surface area contributed by atoms with Crippen molar-refractivity contribution in [3.8, 4) is 0 Å². The Labute approximate surface area is 148 Å². The van der Waals surface area contributed by atoms with Crippen molar-refractivity contribution in [3.05, 3.63) is 22.4 Å². The summed E-state index contributed by atoms with van der Waals surface area (Å²) in [6.45, 7) is 4.67. The van der Waals surface area contributed by atoms with Crippen LogP contribution in [-0.4, -0.2) is 75.4 Å². The molecule has 6 heteroatoms. The van der Waals surface area contributed by atoms with Gasteiger partial charge in [-0.15, -0.1) is 0 Å². The van der Waals surface area contributed by atoms with Crippen LogP contribution in [0.5, 0.6) is 0 Å². The molecule has 1 aromatic heterocycles. The molecule has 0 saturated carbocycles. The number of amides is 1. The Balaban J connectivity index is 1.66. The third-order valence-electron chi connectivity index (χ3n) is 5.12. The normalized spacial score (nSPS) is 27.3. The van der Waals surface area contributed by atoms with Crippen LogP contribution < -0.4 is 0 Å². The molecule has 0 aliphatic carbocycles. The van der Waals surface area contributed by atoms with E-state index >= 15 is 0 Å². The molecule has 1 aromatic rings. The molecule has 2 saturated heterocycles. The van der Waals surface area contributed by atoms with Crippen LogP contribution in [-0.2, 0) is 9.47 Å². The highest BCUT2D eigenvalue weighted by Gasteiger charge is 2.47. The second-order valence-corrected chi connectivity index (χ2v) is 7.99. The summed E-state index contributed by atoms with van der Waals surface area (Å²) in [4.78, 5) is 16.9. The molecule has 2 unspecified atom stereocenters. The molecule has 2 aliphatic rings. The van der Waals surface area contributed by atoms with Crippen molar-refractivity contribution in [2.75, 3.05) is 53.6 Å². The molecule has 1 amide bonds. The molecule has 3 rings (SSSR count). The number of carbonyl (C=O) groups is 1. The number of carbonyl (C=O) groups excluding carboxylic acids is 1. The lowest BCUT2D eigenvalue weighted by molar-refractivity contribution is -0.147. The first-order chi connectivity index (χ1) is 11.6. The fourth-order valence-corrected chi connectivity index (χ4v) is 4.40. The molecule has 5 nitrogen and oxygen atoms in total. The van der Waals surface area contributed by atoms with Gasteiger partial charge in [0.05, 0.1) is 24.9 Å². The number of likely N-dealkylation sites (N-methyl/N-ethyl adjacent to an activating group) is 1. The second-order valence-electron chi connectivity index (χ2n) is 7.21. The summed E-state index contributed by atoms with van der Waals surface area (Å²) in [5.41, 5.74) is 0.757. The van der Waals surface area contributed by atoms with Gasteiger partial charge in [-0.1, -0.05) is 0 Å². The van der Waals surface area contributed by atoms with Crippen molar-refractivity contribution in [2.24, 2.45) is 5.41 Å². The van der Waals surface area contributed by atoms with E-state index in [1.165, 1.54) is 0 Å². The summed E-state index contributed by atoms with van der Waals surface area (Å²) in [6.07, 6.45) is 3.26. The fourth-order valence-electron chi connectivity index (χ4n) is 3.77. The molecule has 2 fully saturated rings. The zero-order valence-electron chi connectivity index (χ0n) is 14.7. The van der Waals surface area contributed by atoms with Crippen molar-refractivity contribution >= 4 is 17.2 Å². The Hall–Kier alpha value is -0.950. The summed E-state index contributed by atoms with van der Waals surface area (Å²) in [5, 5.41) is 3.90. The quantitative estimate of drug-likeness (QED) is 0.737. The first-order valence-corrected chi connectivity index (χ1v) is 9.71. The number of nitrogens with zero attached hydrogens (tertiary/aromatic N) is 2. The number of hydrogen-bond acceptors (Lipinski definition) is 5. The lowest BCUT2D eigenvalue weighted by atomic mass is 9.73. The highest BCUT2D eigenvalue weighted by Crippen LogP contribution is 2.40. The molecular weight excluding hydrogens is 324 g/mol. The van der Waals surface area contributed by atoms with Crippen LogP contribution in [0.4, 0.5) is 0 Å². The molecule has 0 bridgehead atoms. The van der Waals surface area contributed by atoms with Gasteiger partial charge in [-0.2, -0.15) is 11.3 Å². The summed E-state index contributed by atoms with van der Waals surface area (Å²) in [5.74, 6) is 0.146. The van der Waals surface area contributed by atoms with Crippen molar-refractivity contribution in [2.45, 2.75) is 25.4 Å². The van der Waals surface area contributed by atoms with Crippen LogP contribution in [0.2, 0.25) is 0 Å². The van der Waals surface area contributed by atoms with E-state index in [0.717, 1.165) is 57.7 Å². The number of piperidine rings is 1. The topological polar surface area (TPSA) is 42.0 Å². The molecular formula is C18H28N2O3S. The molecule has 3 heterocycles. The van der Waals surface area contributed by atoms with Crippen LogP contribution in [0, 0.1) is 5.41 Å². The SMILES string of the molecule is CN(C)CCOCC12CCCOC1CCN(C(=O)c1ccsc1)C2. The molecule has 2 aliphatic heterocycles. The second kappa shape index (κ2) is 7.95. The molecule has 134 valence electrons. The standard InChI is InChI=1S/C18H28N2O3S/c1-19(2)8-10-22-14-18-6-3-9-23-16(18)4-7-20(13-18)17(21)15-5-11-24-12-15/h5,11-12,16H,3-4,6-10,13-14H2,1-2H3. The van der Waals surface area contributed by atoms with E-state index in [0.29, 0.717) is 6.61 Å². The van der Waals surface area contributed by atoms with Crippen molar-refractivity contribution < 1.29 is 14.3 Å². The third kappa shape index (κ3) is 3.99. The monoisotopic (exact) mass is 352 g/mol. The molecule has 2 atom stereocenters. The van der Waals surface area contributed by atoms with Gasteiger partial charge >= 0.3 is 0 Å². The lowest BCUT2D eigenvalue weighted by Crippen LogP contribution is -2.58. The van der Waals surface area contributed by atoms with E-state index in [1.54, 1.807) is 11.3 Å². The number of fused-ring (bicyclic) bond motifs is 1. The Morgan fingerprint density at radius 1 is 1.54 bits per heavy atom. The Morgan fingerprint density at radius 3 is 3.17 bits per heavy atom. The molecule has 24 heavy (non-hydrogen) atoms. The Kier molecular flexibility index (Phi) is 5.92. The number of rotatable bonds is 6. The van der Waals surface area contributed by atoms with Gasteiger partial charge in [0.2, 0.25) is 0 Å². The highest BCUT2D eigenvalue weighted by atomic mass is 32.1. The minimum atomic E-state index is -0.0471. The van der Waals surface area contributed by atoms with Gasteiger partial charge in [0, 0.05) is 37.0 Å². The van der Waals surface area contributed by atoms with Crippen molar-refractivity contribution in [1.29, 1.82) is 0 Å². The van der Waals surface area contributed by atoms with Crippen molar-refractivity contribution in [3.63, 3.8) is 0 Å². The summed E-state index contributed by atoms with van der Waals surface area (Å²) < 4.78 is 12.1. The highest BCUT2D eigenvalue weighted by molar-refractivity contribution is 7.08. The predicted octanol–water partition coefficient (Wildman–Crippen LogP) is 2.34. The maximum Gasteiger partial charge on any atom is 0.254 e. The number of likely N-dealkylation sites (tertiary alicyclic amines) is 1. The number of thiophene rings is 1. The van der Waals surface area contributed by atoms with Crippen LogP contribution in [0.25, 0.3) is 0 Å². The Morgan fingerprint density at radius 2 is 2.42 bits per heavy atom. The first-order valence-electron chi connectivity index (χ1n) is 8.76. The van der Waals surface area contributed by atoms with Gasteiger partial charge in [-0.3, -0.25) is 4.79 Å². The zero-order valence-corrected chi connectivity index (χ0v) is 15.5. The average Bonchev–Trinajstić information content (AvgIpc) is 3.12. The number of hydrogen-bond donors (Lipinski definition) is 0. The van der Waals surface area contributed by atoms with E-state index in [2.05, 4.69) is 19.0 Å².